The smallest absolute Gasteiger partial charge is 0.134 e. The Kier molecular flexibility index (Phi) is 5.73. The predicted octanol–water partition coefficient (Wildman–Crippen LogP) is 1.35. The maximum atomic E-state index is 8.70. The molecule has 9 heavy (non-hydrogen) atoms. The lowest BCUT2D eigenvalue weighted by Gasteiger charge is -1.69. The second kappa shape index (κ2) is 5.89. The zero-order valence-electron chi connectivity index (χ0n) is 5.03. The topological polar surface area (TPSA) is 57.5 Å². The lowest BCUT2D eigenvalue weighted by Crippen LogP contribution is -1.50. The molecule has 1 aliphatic rings. The van der Waals surface area contributed by atoms with Crippen molar-refractivity contribution in [2.24, 2.45) is 0 Å². The lowest BCUT2D eigenvalue weighted by molar-refractivity contribution is 0.405. The van der Waals surface area contributed by atoms with Gasteiger partial charge in [-0.2, -0.15) is 0 Å². The molecule has 0 aromatic heterocycles. The first-order chi connectivity index (χ1) is 4.23. The van der Waals surface area contributed by atoms with E-state index in [-0.39, 0.29) is 0 Å². The molecule has 0 radical (unpaired) electrons. The highest BCUT2D eigenvalue weighted by atomic mass is 31.1. The number of allylic oxidation sites excluding steroid dienone is 2. The zero-order chi connectivity index (χ0) is 7.11. The number of hydrogen-bond acceptors (Lipinski definition) is 1. The molecular weight excluding hydrogens is 139 g/mol. The highest BCUT2D eigenvalue weighted by molar-refractivity contribution is 7.30. The first-order valence-corrected chi connectivity index (χ1v) is 3.90. The third-order valence-corrected chi connectivity index (χ3v) is 0.908. The van der Waals surface area contributed by atoms with Crippen LogP contribution in [0, 0.1) is 0 Å². The van der Waals surface area contributed by atoms with Crippen LogP contribution in [0.15, 0.2) is 12.2 Å². The number of hydrogen-bond donors (Lipinski definition) is 2. The molecule has 0 heterocycles. The fraction of sp³-hybridized carbons (Fsp3) is 0.600. The van der Waals surface area contributed by atoms with Gasteiger partial charge in [0.2, 0.25) is 0 Å². The van der Waals surface area contributed by atoms with Gasteiger partial charge in [0.25, 0.3) is 0 Å². The van der Waals surface area contributed by atoms with Crippen molar-refractivity contribution in [3.63, 3.8) is 0 Å². The van der Waals surface area contributed by atoms with E-state index >= 15 is 0 Å². The molecule has 0 bridgehead atoms. The summed E-state index contributed by atoms with van der Waals surface area (Å²) in [5.74, 6) is 0. The molecule has 0 unspecified atom stereocenters. The van der Waals surface area contributed by atoms with Crippen molar-refractivity contribution in [2.45, 2.75) is 19.3 Å². The van der Waals surface area contributed by atoms with E-state index in [2.05, 4.69) is 12.2 Å². The molecule has 0 saturated heterocycles. The first-order valence-electron chi connectivity index (χ1n) is 2.73. The summed E-state index contributed by atoms with van der Waals surface area (Å²) in [5.41, 5.74) is 0. The van der Waals surface area contributed by atoms with Crippen molar-refractivity contribution >= 4 is 8.25 Å². The van der Waals surface area contributed by atoms with Crippen LogP contribution in [0.2, 0.25) is 0 Å². The Morgan fingerprint density at radius 2 is 1.56 bits per heavy atom. The maximum Gasteiger partial charge on any atom is 0.692 e. The second-order valence-electron chi connectivity index (χ2n) is 1.66. The minimum atomic E-state index is -2.87. The molecule has 0 aliphatic heterocycles. The predicted molar refractivity (Wildman–Crippen MR) is 35.0 cm³/mol. The van der Waals surface area contributed by atoms with Gasteiger partial charge in [0, 0.05) is 4.57 Å². The molecule has 0 fully saturated rings. The Balaban J connectivity index is 0.000000148. The minimum Gasteiger partial charge on any atom is -0.134 e. The van der Waals surface area contributed by atoms with Crippen LogP contribution in [-0.2, 0) is 4.57 Å². The van der Waals surface area contributed by atoms with Gasteiger partial charge in [-0.15, -0.1) is 9.79 Å². The van der Waals surface area contributed by atoms with Crippen molar-refractivity contribution in [2.75, 3.05) is 0 Å². The molecular formula is C5H10O3P+. The van der Waals surface area contributed by atoms with E-state index in [9.17, 15) is 0 Å². The third-order valence-electron chi connectivity index (χ3n) is 0.908. The van der Waals surface area contributed by atoms with Crippen molar-refractivity contribution in [1.82, 2.24) is 0 Å². The molecule has 1 rings (SSSR count). The highest BCUT2D eigenvalue weighted by Crippen LogP contribution is 2.05. The minimum absolute atomic E-state index is 1.32. The van der Waals surface area contributed by atoms with E-state index in [0.29, 0.717) is 0 Å². The Hall–Kier alpha value is -0.240. The van der Waals surface area contributed by atoms with Gasteiger partial charge in [-0.1, -0.05) is 12.2 Å². The summed E-state index contributed by atoms with van der Waals surface area (Å²) in [4.78, 5) is 14.2. The molecule has 52 valence electrons. The Bertz CT molecular complexity index is 101. The van der Waals surface area contributed by atoms with Crippen LogP contribution in [0.4, 0.5) is 0 Å². The Labute approximate surface area is 55.0 Å². The van der Waals surface area contributed by atoms with Gasteiger partial charge in [0.05, 0.1) is 0 Å². The van der Waals surface area contributed by atoms with Crippen LogP contribution in [0.3, 0.4) is 0 Å². The van der Waals surface area contributed by atoms with Gasteiger partial charge in [-0.05, 0) is 19.3 Å². The molecule has 0 spiro atoms. The van der Waals surface area contributed by atoms with Crippen LogP contribution < -0.4 is 0 Å². The highest BCUT2D eigenvalue weighted by Gasteiger charge is 1.93. The normalized spacial score (nSPS) is 14.4. The summed E-state index contributed by atoms with van der Waals surface area (Å²) in [6.07, 6.45) is 8.50. The number of rotatable bonds is 0. The Morgan fingerprint density at radius 3 is 1.67 bits per heavy atom. The molecule has 0 aromatic carbocycles. The van der Waals surface area contributed by atoms with Crippen molar-refractivity contribution in [3.05, 3.63) is 12.2 Å². The van der Waals surface area contributed by atoms with E-state index in [4.69, 9.17) is 14.4 Å². The van der Waals surface area contributed by atoms with Gasteiger partial charge >= 0.3 is 8.25 Å². The van der Waals surface area contributed by atoms with E-state index in [0.717, 1.165) is 0 Å². The summed E-state index contributed by atoms with van der Waals surface area (Å²) in [5, 5.41) is 0. The summed E-state index contributed by atoms with van der Waals surface area (Å²) in [6.45, 7) is 0. The fourth-order valence-corrected chi connectivity index (χ4v) is 0.589. The molecule has 1 aliphatic carbocycles. The maximum absolute atomic E-state index is 8.70. The van der Waals surface area contributed by atoms with Crippen molar-refractivity contribution in [3.8, 4) is 0 Å². The van der Waals surface area contributed by atoms with Gasteiger partial charge < -0.3 is 0 Å². The van der Waals surface area contributed by atoms with Crippen LogP contribution in [0.1, 0.15) is 19.3 Å². The molecule has 0 atom stereocenters. The van der Waals surface area contributed by atoms with E-state index < -0.39 is 8.25 Å². The van der Waals surface area contributed by atoms with Crippen LogP contribution in [0.25, 0.3) is 0 Å². The average Bonchev–Trinajstić information content (AvgIpc) is 2.11. The largest absolute Gasteiger partial charge is 0.692 e. The molecule has 0 aromatic rings. The molecule has 0 saturated carbocycles. The second-order valence-corrected chi connectivity index (χ2v) is 2.16. The quantitative estimate of drug-likeness (QED) is 0.403. The average molecular weight is 149 g/mol. The van der Waals surface area contributed by atoms with E-state index in [1.165, 1.54) is 19.3 Å². The summed E-state index contributed by atoms with van der Waals surface area (Å²) >= 11 is 0. The standard InChI is InChI=1S/C5H8.HO3P/c1-2-4-5-3-1;1-4(2)3/h1-2H,3-5H2;(H-,1,2,3)/p+1. The van der Waals surface area contributed by atoms with Crippen molar-refractivity contribution < 1.29 is 14.4 Å². The summed E-state index contributed by atoms with van der Waals surface area (Å²) < 4.78 is 8.70. The third kappa shape index (κ3) is 11.4. The molecule has 2 N–H and O–H groups in total. The van der Waals surface area contributed by atoms with Crippen LogP contribution in [-0.4, -0.2) is 9.79 Å². The zero-order valence-corrected chi connectivity index (χ0v) is 5.92. The van der Waals surface area contributed by atoms with Crippen LogP contribution in [0.5, 0.6) is 0 Å². The van der Waals surface area contributed by atoms with Gasteiger partial charge in [0.1, 0.15) is 0 Å². The first kappa shape index (κ1) is 8.76. The SMILES string of the molecule is C1=CCCC1.O=[P+](O)O. The van der Waals surface area contributed by atoms with E-state index in [1.807, 2.05) is 0 Å². The van der Waals surface area contributed by atoms with Crippen molar-refractivity contribution in [1.29, 1.82) is 0 Å². The summed E-state index contributed by atoms with van der Waals surface area (Å²) in [7, 11) is -2.87. The molecule has 0 amide bonds. The van der Waals surface area contributed by atoms with Crippen LogP contribution >= 0.6 is 8.25 Å². The van der Waals surface area contributed by atoms with Gasteiger partial charge in [-0.3, -0.25) is 0 Å². The van der Waals surface area contributed by atoms with E-state index in [1.54, 1.807) is 0 Å². The monoisotopic (exact) mass is 149 g/mol. The fourth-order valence-electron chi connectivity index (χ4n) is 0.589. The van der Waals surface area contributed by atoms with Gasteiger partial charge in [0.15, 0.2) is 0 Å². The molecule has 4 heteroatoms. The summed E-state index contributed by atoms with van der Waals surface area (Å²) in [6, 6.07) is 0. The van der Waals surface area contributed by atoms with Gasteiger partial charge in [-0.25, -0.2) is 0 Å². The molecule has 3 nitrogen and oxygen atoms in total. The lowest BCUT2D eigenvalue weighted by atomic mass is 10.4. The Morgan fingerprint density at radius 1 is 1.22 bits per heavy atom.